The summed E-state index contributed by atoms with van der Waals surface area (Å²) >= 11 is 0. The Morgan fingerprint density at radius 1 is 1.17 bits per heavy atom. The van der Waals surface area contributed by atoms with Crippen LogP contribution >= 0.6 is 0 Å². The summed E-state index contributed by atoms with van der Waals surface area (Å²) in [5.41, 5.74) is 1.12. The first-order chi connectivity index (χ1) is 14.4. The molecule has 1 aliphatic heterocycles. The SMILES string of the molecule is NS(=O)(=O)c1ccc(Nc2nccc(N=C3COC(c4cccc(F)c4)O3)n2)cc1. The Morgan fingerprint density at radius 2 is 1.97 bits per heavy atom. The van der Waals surface area contributed by atoms with E-state index in [2.05, 4.69) is 20.3 Å². The molecule has 0 bridgehead atoms. The van der Waals surface area contributed by atoms with Crippen LogP contribution < -0.4 is 10.5 Å². The van der Waals surface area contributed by atoms with Crippen molar-refractivity contribution < 1.29 is 22.3 Å². The number of nitrogens with one attached hydrogen (secondary N) is 1. The average molecular weight is 429 g/mol. The van der Waals surface area contributed by atoms with Crippen molar-refractivity contribution in [1.82, 2.24) is 9.97 Å². The predicted molar refractivity (Wildman–Crippen MR) is 106 cm³/mol. The second kappa shape index (κ2) is 8.14. The molecular weight excluding hydrogens is 413 g/mol. The number of halogens is 1. The topological polar surface area (TPSA) is 129 Å². The minimum atomic E-state index is -3.76. The molecule has 1 aromatic heterocycles. The number of ether oxygens (including phenoxy) is 2. The average Bonchev–Trinajstić information content (AvgIpc) is 3.16. The van der Waals surface area contributed by atoms with Gasteiger partial charge in [0.2, 0.25) is 28.2 Å². The van der Waals surface area contributed by atoms with E-state index in [1.54, 1.807) is 30.3 Å². The molecule has 1 atom stereocenters. The van der Waals surface area contributed by atoms with Gasteiger partial charge in [-0.25, -0.2) is 22.9 Å². The Morgan fingerprint density at radius 3 is 2.70 bits per heavy atom. The maximum absolute atomic E-state index is 13.4. The van der Waals surface area contributed by atoms with Crippen molar-refractivity contribution in [1.29, 1.82) is 0 Å². The third-order valence-electron chi connectivity index (χ3n) is 4.04. The number of sulfonamides is 1. The molecule has 30 heavy (non-hydrogen) atoms. The van der Waals surface area contributed by atoms with Crippen LogP contribution in [0, 0.1) is 5.82 Å². The lowest BCUT2D eigenvalue weighted by Crippen LogP contribution is -2.11. The number of benzene rings is 2. The summed E-state index contributed by atoms with van der Waals surface area (Å²) in [5.74, 6) is 0.494. The van der Waals surface area contributed by atoms with Crippen molar-refractivity contribution in [3.05, 3.63) is 72.2 Å². The Bertz CT molecular complexity index is 1200. The highest BCUT2D eigenvalue weighted by atomic mass is 32.2. The number of rotatable bonds is 5. The third kappa shape index (κ3) is 4.76. The molecule has 3 N–H and O–H groups in total. The van der Waals surface area contributed by atoms with Gasteiger partial charge in [0.15, 0.2) is 5.82 Å². The van der Waals surface area contributed by atoms with E-state index in [1.807, 2.05) is 0 Å². The van der Waals surface area contributed by atoms with Crippen LogP contribution in [0.4, 0.5) is 21.8 Å². The van der Waals surface area contributed by atoms with E-state index in [0.717, 1.165) is 0 Å². The molecular formula is C19H16FN5O4S. The molecule has 1 saturated heterocycles. The fourth-order valence-corrected chi connectivity index (χ4v) is 3.19. The Kier molecular flexibility index (Phi) is 5.40. The first-order valence-corrected chi connectivity index (χ1v) is 10.3. The molecule has 11 heteroatoms. The van der Waals surface area contributed by atoms with Crippen LogP contribution in [-0.4, -0.2) is 30.9 Å². The van der Waals surface area contributed by atoms with E-state index in [1.165, 1.54) is 30.5 Å². The lowest BCUT2D eigenvalue weighted by molar-refractivity contribution is -0.0246. The molecule has 9 nitrogen and oxygen atoms in total. The summed E-state index contributed by atoms with van der Waals surface area (Å²) in [6, 6.07) is 13.4. The summed E-state index contributed by atoms with van der Waals surface area (Å²) in [6.07, 6.45) is 0.768. The highest BCUT2D eigenvalue weighted by Crippen LogP contribution is 2.26. The summed E-state index contributed by atoms with van der Waals surface area (Å²) in [4.78, 5) is 12.7. The monoisotopic (exact) mass is 429 g/mol. The van der Waals surface area contributed by atoms with Gasteiger partial charge >= 0.3 is 0 Å². The number of nitrogens with zero attached hydrogens (tertiary/aromatic N) is 3. The van der Waals surface area contributed by atoms with E-state index in [9.17, 15) is 12.8 Å². The fourth-order valence-electron chi connectivity index (χ4n) is 2.67. The molecule has 1 aliphatic rings. The second-order valence-corrected chi connectivity index (χ2v) is 7.82. The van der Waals surface area contributed by atoms with Crippen LogP contribution in [0.2, 0.25) is 0 Å². The second-order valence-electron chi connectivity index (χ2n) is 6.25. The van der Waals surface area contributed by atoms with Gasteiger partial charge in [0.05, 0.1) is 4.90 Å². The zero-order valence-corrected chi connectivity index (χ0v) is 16.2. The van der Waals surface area contributed by atoms with Gasteiger partial charge < -0.3 is 14.8 Å². The molecule has 0 saturated carbocycles. The van der Waals surface area contributed by atoms with Gasteiger partial charge in [-0.05, 0) is 36.4 Å². The molecule has 2 aromatic carbocycles. The molecule has 1 unspecified atom stereocenters. The summed E-state index contributed by atoms with van der Waals surface area (Å²) in [7, 11) is -3.76. The van der Waals surface area contributed by atoms with E-state index < -0.39 is 16.3 Å². The normalized spacial score (nSPS) is 17.7. The van der Waals surface area contributed by atoms with Gasteiger partial charge in [0, 0.05) is 23.5 Å². The van der Waals surface area contributed by atoms with E-state index in [4.69, 9.17) is 14.6 Å². The summed E-state index contributed by atoms with van der Waals surface area (Å²) < 4.78 is 47.1. The van der Waals surface area contributed by atoms with Crippen molar-refractivity contribution in [3.63, 3.8) is 0 Å². The largest absolute Gasteiger partial charge is 0.445 e. The van der Waals surface area contributed by atoms with Gasteiger partial charge in [0.1, 0.15) is 12.4 Å². The number of aromatic nitrogens is 2. The molecule has 4 rings (SSSR count). The quantitative estimate of drug-likeness (QED) is 0.638. The number of anilines is 2. The molecule has 1 fully saturated rings. The van der Waals surface area contributed by atoms with Crippen LogP contribution in [0.5, 0.6) is 0 Å². The van der Waals surface area contributed by atoms with E-state index in [-0.39, 0.29) is 23.3 Å². The number of hydrogen-bond acceptors (Lipinski definition) is 8. The maximum Gasteiger partial charge on any atom is 0.238 e. The number of primary sulfonamides is 1. The molecule has 0 amide bonds. The Balaban J connectivity index is 1.46. The lowest BCUT2D eigenvalue weighted by atomic mass is 10.2. The fraction of sp³-hybridized carbons (Fsp3) is 0.105. The molecule has 0 spiro atoms. The summed E-state index contributed by atoms with van der Waals surface area (Å²) in [5, 5.41) is 8.03. The van der Waals surface area contributed by atoms with Gasteiger partial charge in [0.25, 0.3) is 0 Å². The Hall–Kier alpha value is -3.41. The van der Waals surface area contributed by atoms with Crippen LogP contribution in [0.3, 0.4) is 0 Å². The van der Waals surface area contributed by atoms with Crippen molar-refractivity contribution in [2.24, 2.45) is 10.1 Å². The lowest BCUT2D eigenvalue weighted by Gasteiger charge is -2.09. The Labute approximate surface area is 171 Å². The smallest absolute Gasteiger partial charge is 0.238 e. The van der Waals surface area contributed by atoms with Crippen LogP contribution in [0.25, 0.3) is 0 Å². The van der Waals surface area contributed by atoms with Crippen LogP contribution in [-0.2, 0) is 19.5 Å². The standard InChI is InChI=1S/C19H16FN5O4S/c20-13-3-1-2-12(10-13)18-28-11-17(29-18)24-16-8-9-22-19(25-16)23-14-4-6-15(7-5-14)30(21,26)27/h1-10,18H,11H2,(H2,21,26,27)(H,22,23,25). The molecule has 0 aliphatic carbocycles. The highest BCUT2D eigenvalue weighted by molar-refractivity contribution is 7.89. The van der Waals surface area contributed by atoms with Gasteiger partial charge in [-0.15, -0.1) is 0 Å². The van der Waals surface area contributed by atoms with Crippen molar-refractivity contribution in [2.45, 2.75) is 11.2 Å². The molecule has 2 heterocycles. The third-order valence-corrected chi connectivity index (χ3v) is 4.97. The van der Waals surface area contributed by atoms with E-state index in [0.29, 0.717) is 23.0 Å². The van der Waals surface area contributed by atoms with Crippen molar-refractivity contribution >= 4 is 33.4 Å². The first-order valence-electron chi connectivity index (χ1n) is 8.71. The molecule has 3 aromatic rings. The van der Waals surface area contributed by atoms with Gasteiger partial charge in [-0.1, -0.05) is 12.1 Å². The minimum absolute atomic E-state index is 0.000327. The highest BCUT2D eigenvalue weighted by Gasteiger charge is 2.25. The summed E-state index contributed by atoms with van der Waals surface area (Å²) in [6.45, 7) is 0.114. The van der Waals surface area contributed by atoms with E-state index >= 15 is 0 Å². The van der Waals surface area contributed by atoms with Gasteiger partial charge in [-0.2, -0.15) is 9.98 Å². The van der Waals surface area contributed by atoms with Crippen molar-refractivity contribution in [3.8, 4) is 0 Å². The maximum atomic E-state index is 13.4. The molecule has 0 radical (unpaired) electrons. The molecule has 154 valence electrons. The predicted octanol–water partition coefficient (Wildman–Crippen LogP) is 2.78. The van der Waals surface area contributed by atoms with Gasteiger partial charge in [-0.3, -0.25) is 0 Å². The minimum Gasteiger partial charge on any atom is -0.445 e. The zero-order chi connectivity index (χ0) is 21.1. The van der Waals surface area contributed by atoms with Crippen LogP contribution in [0.15, 0.2) is 70.7 Å². The first kappa shape index (κ1) is 19.9. The number of hydrogen-bond donors (Lipinski definition) is 2. The number of nitrogens with two attached hydrogens (primary N) is 1. The van der Waals surface area contributed by atoms with Crippen molar-refractivity contribution in [2.75, 3.05) is 11.9 Å². The zero-order valence-electron chi connectivity index (χ0n) is 15.4. The van der Waals surface area contributed by atoms with Crippen LogP contribution in [0.1, 0.15) is 11.9 Å². The number of aliphatic imine (C=N–C) groups is 1.